The van der Waals surface area contributed by atoms with Gasteiger partial charge in [0.25, 0.3) is 0 Å². The molecule has 0 aromatic heterocycles. The Morgan fingerprint density at radius 2 is 2.00 bits per heavy atom. The number of unbranched alkanes of at least 4 members (excludes halogenated alkanes) is 1. The van der Waals surface area contributed by atoms with E-state index in [9.17, 15) is 0 Å². The number of hydrogen-bond donors (Lipinski definition) is 1. The molecule has 0 radical (unpaired) electrons. The van der Waals surface area contributed by atoms with Gasteiger partial charge in [-0.05, 0) is 38.4 Å². The van der Waals surface area contributed by atoms with Crippen molar-refractivity contribution in [3.8, 4) is 0 Å². The van der Waals surface area contributed by atoms with E-state index in [2.05, 4.69) is 51.3 Å². The highest BCUT2D eigenvalue weighted by molar-refractivity contribution is 5.32. The molecule has 0 saturated carbocycles. The van der Waals surface area contributed by atoms with E-state index in [4.69, 9.17) is 0 Å². The molecule has 0 fully saturated rings. The van der Waals surface area contributed by atoms with Gasteiger partial charge in [-0.2, -0.15) is 0 Å². The van der Waals surface area contributed by atoms with Crippen molar-refractivity contribution >= 4 is 0 Å². The molecule has 84 valence electrons. The van der Waals surface area contributed by atoms with Crippen molar-refractivity contribution in [2.45, 2.75) is 46.1 Å². The van der Waals surface area contributed by atoms with E-state index >= 15 is 0 Å². The maximum absolute atomic E-state index is 3.42. The Bertz CT molecular complexity index is 304. The number of nitrogens with one attached hydrogen (secondary N) is 1. The normalized spacial score (nSPS) is 12.8. The van der Waals surface area contributed by atoms with Crippen molar-refractivity contribution in [2.24, 2.45) is 0 Å². The predicted octanol–water partition coefficient (Wildman–Crippen LogP) is 3.75. The van der Waals surface area contributed by atoms with Crippen LogP contribution in [0.1, 0.15) is 48.9 Å². The fraction of sp³-hybridized carbons (Fsp3) is 0.571. The fourth-order valence-corrected chi connectivity index (χ4v) is 2.00. The minimum absolute atomic E-state index is 0.518. The van der Waals surface area contributed by atoms with Gasteiger partial charge in [-0.3, -0.25) is 0 Å². The van der Waals surface area contributed by atoms with Crippen LogP contribution in [0.15, 0.2) is 18.2 Å². The van der Waals surface area contributed by atoms with Crippen molar-refractivity contribution in [3.05, 3.63) is 34.9 Å². The van der Waals surface area contributed by atoms with E-state index in [0.717, 1.165) is 0 Å². The van der Waals surface area contributed by atoms with E-state index in [1.54, 1.807) is 0 Å². The predicted molar refractivity (Wildman–Crippen MR) is 67.2 cm³/mol. The lowest BCUT2D eigenvalue weighted by atomic mass is 9.95. The zero-order valence-corrected chi connectivity index (χ0v) is 10.4. The molecule has 1 aromatic rings. The second-order valence-electron chi connectivity index (χ2n) is 4.34. The molecular formula is C14H23N. The molecule has 1 N–H and O–H groups in total. The zero-order valence-electron chi connectivity index (χ0n) is 10.4. The van der Waals surface area contributed by atoms with Crippen LogP contribution >= 0.6 is 0 Å². The first-order valence-electron chi connectivity index (χ1n) is 5.93. The number of benzene rings is 1. The Balaban J connectivity index is 2.85. The SMILES string of the molecule is CCCCC(NC)c1cc(C)ccc1C. The summed E-state index contributed by atoms with van der Waals surface area (Å²) in [7, 11) is 2.06. The van der Waals surface area contributed by atoms with Crippen LogP contribution in [0.25, 0.3) is 0 Å². The van der Waals surface area contributed by atoms with Gasteiger partial charge in [0.1, 0.15) is 0 Å². The molecule has 1 rings (SSSR count). The van der Waals surface area contributed by atoms with Crippen LogP contribution in [0, 0.1) is 13.8 Å². The Hall–Kier alpha value is -0.820. The highest BCUT2D eigenvalue weighted by atomic mass is 14.9. The average Bonchev–Trinajstić information content (AvgIpc) is 2.24. The van der Waals surface area contributed by atoms with Crippen LogP contribution in [-0.2, 0) is 0 Å². The first-order valence-corrected chi connectivity index (χ1v) is 5.93. The van der Waals surface area contributed by atoms with Gasteiger partial charge in [-0.1, -0.05) is 43.5 Å². The number of hydrogen-bond acceptors (Lipinski definition) is 1. The van der Waals surface area contributed by atoms with Gasteiger partial charge in [0, 0.05) is 6.04 Å². The molecule has 0 aliphatic carbocycles. The highest BCUT2D eigenvalue weighted by Crippen LogP contribution is 2.23. The minimum atomic E-state index is 0.518. The van der Waals surface area contributed by atoms with Crippen LogP contribution in [0.4, 0.5) is 0 Å². The minimum Gasteiger partial charge on any atom is -0.313 e. The molecule has 0 aliphatic rings. The smallest absolute Gasteiger partial charge is 0.0320 e. The standard InChI is InChI=1S/C14H23N/c1-5-6-7-14(15-4)13-10-11(2)8-9-12(13)3/h8-10,14-15H,5-7H2,1-4H3. The fourth-order valence-electron chi connectivity index (χ4n) is 2.00. The first kappa shape index (κ1) is 12.3. The summed E-state index contributed by atoms with van der Waals surface area (Å²) in [4.78, 5) is 0. The van der Waals surface area contributed by atoms with Crippen LogP contribution in [0.2, 0.25) is 0 Å². The molecule has 0 amide bonds. The third kappa shape index (κ3) is 3.35. The van der Waals surface area contributed by atoms with Gasteiger partial charge < -0.3 is 5.32 Å². The molecule has 15 heavy (non-hydrogen) atoms. The molecule has 0 heterocycles. The lowest BCUT2D eigenvalue weighted by Crippen LogP contribution is -2.17. The molecular weight excluding hydrogens is 182 g/mol. The third-order valence-corrected chi connectivity index (χ3v) is 3.00. The molecule has 0 spiro atoms. The molecule has 1 atom stereocenters. The summed E-state index contributed by atoms with van der Waals surface area (Å²) >= 11 is 0. The molecule has 0 aliphatic heterocycles. The van der Waals surface area contributed by atoms with Crippen molar-refractivity contribution in [3.63, 3.8) is 0 Å². The average molecular weight is 205 g/mol. The Morgan fingerprint density at radius 1 is 1.27 bits per heavy atom. The van der Waals surface area contributed by atoms with E-state index in [-0.39, 0.29) is 0 Å². The van der Waals surface area contributed by atoms with Crippen molar-refractivity contribution in [2.75, 3.05) is 7.05 Å². The van der Waals surface area contributed by atoms with Gasteiger partial charge in [0.15, 0.2) is 0 Å². The van der Waals surface area contributed by atoms with Gasteiger partial charge >= 0.3 is 0 Å². The molecule has 0 bridgehead atoms. The summed E-state index contributed by atoms with van der Waals surface area (Å²) in [6, 6.07) is 7.24. The maximum Gasteiger partial charge on any atom is 0.0320 e. The Morgan fingerprint density at radius 3 is 2.60 bits per heavy atom. The zero-order chi connectivity index (χ0) is 11.3. The largest absolute Gasteiger partial charge is 0.313 e. The van der Waals surface area contributed by atoms with E-state index in [1.807, 2.05) is 0 Å². The number of rotatable bonds is 5. The molecule has 1 heteroatoms. The summed E-state index contributed by atoms with van der Waals surface area (Å²) < 4.78 is 0. The van der Waals surface area contributed by atoms with Gasteiger partial charge in [0.2, 0.25) is 0 Å². The highest BCUT2D eigenvalue weighted by Gasteiger charge is 2.10. The van der Waals surface area contributed by atoms with Crippen LogP contribution in [-0.4, -0.2) is 7.05 Å². The summed E-state index contributed by atoms with van der Waals surface area (Å²) in [5, 5.41) is 3.42. The van der Waals surface area contributed by atoms with Crippen molar-refractivity contribution < 1.29 is 0 Å². The Kier molecular flexibility index (Phi) is 4.83. The summed E-state index contributed by atoms with van der Waals surface area (Å²) in [5.74, 6) is 0. The number of aryl methyl sites for hydroxylation is 2. The van der Waals surface area contributed by atoms with Crippen LogP contribution in [0.5, 0.6) is 0 Å². The second kappa shape index (κ2) is 5.92. The van der Waals surface area contributed by atoms with E-state index in [0.29, 0.717) is 6.04 Å². The van der Waals surface area contributed by atoms with Gasteiger partial charge in [0.05, 0.1) is 0 Å². The second-order valence-corrected chi connectivity index (χ2v) is 4.34. The van der Waals surface area contributed by atoms with Crippen LogP contribution in [0.3, 0.4) is 0 Å². The lowest BCUT2D eigenvalue weighted by Gasteiger charge is -2.19. The van der Waals surface area contributed by atoms with E-state index < -0.39 is 0 Å². The Labute approximate surface area is 93.9 Å². The van der Waals surface area contributed by atoms with Crippen molar-refractivity contribution in [1.82, 2.24) is 5.32 Å². The third-order valence-electron chi connectivity index (χ3n) is 3.00. The summed E-state index contributed by atoms with van der Waals surface area (Å²) in [5.41, 5.74) is 4.22. The molecule has 0 saturated heterocycles. The maximum atomic E-state index is 3.42. The monoisotopic (exact) mass is 205 g/mol. The lowest BCUT2D eigenvalue weighted by molar-refractivity contribution is 0.520. The van der Waals surface area contributed by atoms with Crippen molar-refractivity contribution in [1.29, 1.82) is 0 Å². The van der Waals surface area contributed by atoms with Gasteiger partial charge in [-0.15, -0.1) is 0 Å². The molecule has 1 nitrogen and oxygen atoms in total. The first-order chi connectivity index (χ1) is 7.19. The summed E-state index contributed by atoms with van der Waals surface area (Å²) in [6.07, 6.45) is 3.79. The summed E-state index contributed by atoms with van der Waals surface area (Å²) in [6.45, 7) is 6.61. The topological polar surface area (TPSA) is 12.0 Å². The van der Waals surface area contributed by atoms with E-state index in [1.165, 1.54) is 36.0 Å². The van der Waals surface area contributed by atoms with Crippen LogP contribution < -0.4 is 5.32 Å². The molecule has 1 aromatic carbocycles. The quantitative estimate of drug-likeness (QED) is 0.772. The van der Waals surface area contributed by atoms with Gasteiger partial charge in [-0.25, -0.2) is 0 Å². The molecule has 1 unspecified atom stereocenters.